The molecule has 4 nitrogen and oxygen atoms in total. The Labute approximate surface area is 50.9 Å². The summed E-state index contributed by atoms with van der Waals surface area (Å²) in [6.07, 6.45) is 0. The van der Waals surface area contributed by atoms with E-state index in [2.05, 4.69) is 3.48 Å². The van der Waals surface area contributed by atoms with E-state index in [1.807, 2.05) is 0 Å². The van der Waals surface area contributed by atoms with Gasteiger partial charge < -0.3 is 15.2 Å². The Morgan fingerprint density at radius 3 is 2.57 bits per heavy atom. The summed E-state index contributed by atoms with van der Waals surface area (Å²) < 4.78 is 14.0. The molecule has 0 amide bonds. The summed E-state index contributed by atoms with van der Waals surface area (Å²) in [5.41, 5.74) is 0. The number of hydrogen-bond acceptors (Lipinski definition) is 4. The van der Waals surface area contributed by atoms with Gasteiger partial charge in [0.1, 0.15) is 0 Å². The fraction of sp³-hybridized carbons (Fsp3) is 0. The highest BCUT2D eigenvalue weighted by Gasteiger charge is 2.39. The third-order valence-corrected chi connectivity index (χ3v) is 3.94. The average molecular weight is 148 g/mol. The van der Waals surface area contributed by atoms with Crippen LogP contribution in [0.15, 0.2) is 0 Å². The lowest BCUT2D eigenvalue weighted by molar-refractivity contribution is 0.215. The summed E-state index contributed by atoms with van der Waals surface area (Å²) >= 11 is -1.73. The zero-order chi connectivity index (χ0) is 5.11. The fourth-order valence-electron chi connectivity index (χ4n) is 0.179. The lowest BCUT2D eigenvalue weighted by atomic mass is 15.6. The molecule has 0 spiro atoms. The van der Waals surface area contributed by atoms with Crippen LogP contribution in [-0.2, 0) is 10.4 Å². The van der Waals surface area contributed by atoms with E-state index in [-0.39, 0.29) is 10.0 Å². The second-order valence-corrected chi connectivity index (χ2v) is 4.57. The van der Waals surface area contributed by atoms with E-state index in [0.29, 0.717) is 0 Å². The highest BCUT2D eigenvalue weighted by molar-refractivity contribution is 6.62. The molecule has 0 aliphatic carbocycles. The van der Waals surface area contributed by atoms with Crippen LogP contribution in [0, 0.1) is 0 Å². The first-order valence-corrected chi connectivity index (χ1v) is 4.63. The summed E-state index contributed by atoms with van der Waals surface area (Å²) in [5.74, 6) is 0. The molecule has 1 aliphatic rings. The Bertz CT molecular complexity index is 53.7. The van der Waals surface area contributed by atoms with E-state index in [0.717, 1.165) is 0 Å². The predicted molar refractivity (Wildman–Crippen MR) is 22.7 cm³/mol. The number of hydrogen-bond donors (Lipinski definition) is 1. The van der Waals surface area contributed by atoms with Crippen molar-refractivity contribution in [3.8, 4) is 0 Å². The standard InChI is InChI=1S/Al.HO2Si.O2Si/c;2*1-3-2/h;1H;/q+3;-1;-2. The second-order valence-electron chi connectivity index (χ2n) is 0.817. The Hall–Kier alpha value is 0.806. The van der Waals surface area contributed by atoms with Crippen molar-refractivity contribution in [3.05, 3.63) is 0 Å². The van der Waals surface area contributed by atoms with E-state index in [1.165, 1.54) is 0 Å². The van der Waals surface area contributed by atoms with Gasteiger partial charge in [0.25, 0.3) is 0 Å². The van der Waals surface area contributed by atoms with Gasteiger partial charge in [0, 0.05) is 0 Å². The molecule has 36 valence electrons. The molecular weight excluding hydrogens is 147 g/mol. The van der Waals surface area contributed by atoms with E-state index in [9.17, 15) is 0 Å². The normalized spacial score (nSPS) is 19.3. The van der Waals surface area contributed by atoms with Gasteiger partial charge in [0.2, 0.25) is 0 Å². The second kappa shape index (κ2) is 2.96. The molecule has 0 aromatic rings. The third-order valence-electron chi connectivity index (χ3n) is 0.438. The maximum absolute atomic E-state index is 8.09. The predicted octanol–water partition coefficient (Wildman–Crippen LogP) is -1.90. The van der Waals surface area contributed by atoms with Crippen LogP contribution < -0.4 is 0 Å². The molecule has 1 N–H and O–H groups in total. The molecule has 0 aromatic carbocycles. The van der Waals surface area contributed by atoms with Crippen molar-refractivity contribution in [2.24, 2.45) is 0 Å². The molecule has 0 bridgehead atoms. The minimum Gasteiger partial charge on any atom is -0.479 e. The summed E-state index contributed by atoms with van der Waals surface area (Å²) in [4.78, 5) is 8.09. The lowest BCUT2D eigenvalue weighted by Gasteiger charge is -2.17. The lowest BCUT2D eigenvalue weighted by Crippen LogP contribution is -2.42. The maximum Gasteiger partial charge on any atom is 0.875 e. The van der Waals surface area contributed by atoms with Crippen LogP contribution >= 0.6 is 0 Å². The van der Waals surface area contributed by atoms with E-state index < -0.39 is 25.2 Å². The topological polar surface area (TPSA) is 47.9 Å². The van der Waals surface area contributed by atoms with Crippen LogP contribution in [0.5, 0.6) is 0 Å². The molecule has 0 aromatic heterocycles. The average Bonchev–Trinajstić information content (AvgIpc) is 1.55. The molecule has 0 unspecified atom stereocenters. The highest BCUT2D eigenvalue weighted by Crippen LogP contribution is 1.97. The van der Waals surface area contributed by atoms with E-state index >= 15 is 0 Å². The zero-order valence-electron chi connectivity index (χ0n) is 3.25. The summed E-state index contributed by atoms with van der Waals surface area (Å²) in [5, 5.41) is 0. The fourth-order valence-corrected chi connectivity index (χ4v) is 2.47. The molecule has 4 radical (unpaired) electrons. The van der Waals surface area contributed by atoms with Crippen LogP contribution in [0.25, 0.3) is 0 Å². The molecule has 1 aliphatic heterocycles. The summed E-state index contributed by atoms with van der Waals surface area (Å²) in [6, 6.07) is 0. The van der Waals surface area contributed by atoms with Crippen molar-refractivity contribution >= 4 is 35.2 Å². The summed E-state index contributed by atoms with van der Waals surface area (Å²) in [6.45, 7) is 0. The van der Waals surface area contributed by atoms with Gasteiger partial charge in [-0.2, -0.15) is 0 Å². The van der Waals surface area contributed by atoms with Crippen molar-refractivity contribution < 1.29 is 15.2 Å². The van der Waals surface area contributed by atoms with Gasteiger partial charge >= 0.3 is 35.2 Å². The Morgan fingerprint density at radius 1 is 1.71 bits per heavy atom. The minimum absolute atomic E-state index is 0.141. The van der Waals surface area contributed by atoms with Gasteiger partial charge in [-0.05, 0) is 0 Å². The first-order chi connectivity index (χ1) is 3.43. The Balaban J connectivity index is 1.93. The van der Waals surface area contributed by atoms with Crippen molar-refractivity contribution in [1.82, 2.24) is 0 Å². The van der Waals surface area contributed by atoms with Gasteiger partial charge in [-0.3, -0.25) is 0 Å². The molecule has 1 heterocycles. The third kappa shape index (κ3) is 1.63. The molecule has 1 saturated heterocycles. The Kier molecular flexibility index (Phi) is 2.51. The van der Waals surface area contributed by atoms with Gasteiger partial charge in [-0.25, -0.2) is 0 Å². The molecule has 7 heavy (non-hydrogen) atoms. The molecule has 7 heteroatoms. The van der Waals surface area contributed by atoms with E-state index in [1.54, 1.807) is 0 Å². The molecule has 1 rings (SSSR count). The van der Waals surface area contributed by atoms with Gasteiger partial charge in [0.15, 0.2) is 0 Å². The number of rotatable bonds is 2. The first-order valence-electron chi connectivity index (χ1n) is 1.54. The van der Waals surface area contributed by atoms with Crippen LogP contribution in [0.3, 0.4) is 0 Å². The molecule has 0 saturated carbocycles. The molecule has 0 atom stereocenters. The van der Waals surface area contributed by atoms with Crippen LogP contribution in [0.2, 0.25) is 0 Å². The maximum atomic E-state index is 8.09. The van der Waals surface area contributed by atoms with Crippen molar-refractivity contribution in [1.29, 1.82) is 0 Å². The highest BCUT2D eigenvalue weighted by atomic mass is 28.3. The van der Waals surface area contributed by atoms with Gasteiger partial charge in [0.05, 0.1) is 0 Å². The van der Waals surface area contributed by atoms with Crippen molar-refractivity contribution in [2.75, 3.05) is 0 Å². The first kappa shape index (κ1) is 5.93. The monoisotopic (exact) mass is 148 g/mol. The smallest absolute Gasteiger partial charge is 0.479 e. The van der Waals surface area contributed by atoms with Gasteiger partial charge in [-0.1, -0.05) is 0 Å². The van der Waals surface area contributed by atoms with Crippen molar-refractivity contribution in [2.45, 2.75) is 0 Å². The Morgan fingerprint density at radius 2 is 2.43 bits per heavy atom. The molecular formula is HAlO4Si2. The van der Waals surface area contributed by atoms with Crippen molar-refractivity contribution in [3.63, 3.8) is 0 Å². The largest absolute Gasteiger partial charge is 0.875 e. The van der Waals surface area contributed by atoms with Crippen LogP contribution in [0.1, 0.15) is 0 Å². The van der Waals surface area contributed by atoms with Crippen LogP contribution in [-0.4, -0.2) is 40.0 Å². The summed E-state index contributed by atoms with van der Waals surface area (Å²) in [7, 11) is -0.346. The quantitative estimate of drug-likeness (QED) is 0.464. The van der Waals surface area contributed by atoms with E-state index in [4.69, 9.17) is 11.8 Å². The SMILES string of the molecule is O[Si][O][Al]1[O][Si][O]1. The molecule has 1 fully saturated rings. The van der Waals surface area contributed by atoms with Crippen LogP contribution in [0.4, 0.5) is 0 Å². The zero-order valence-corrected chi connectivity index (χ0v) is 6.40. The minimum atomic E-state index is -1.73. The van der Waals surface area contributed by atoms with Gasteiger partial charge in [-0.15, -0.1) is 0 Å².